The van der Waals surface area contributed by atoms with Crippen molar-refractivity contribution in [3.8, 4) is 0 Å². The van der Waals surface area contributed by atoms with Crippen molar-refractivity contribution in [1.29, 1.82) is 0 Å². The summed E-state index contributed by atoms with van der Waals surface area (Å²) in [5.41, 5.74) is 1.10. The first-order valence-corrected chi connectivity index (χ1v) is 13.7. The van der Waals surface area contributed by atoms with Gasteiger partial charge in [0.2, 0.25) is 5.91 Å². The van der Waals surface area contributed by atoms with Crippen LogP contribution in [0.4, 0.5) is 4.79 Å². The summed E-state index contributed by atoms with van der Waals surface area (Å²) in [6, 6.07) is 6.53. The predicted molar refractivity (Wildman–Crippen MR) is 146 cm³/mol. The third-order valence-electron chi connectivity index (χ3n) is 7.63. The number of unbranched alkanes of at least 4 members (excludes halogenated alkanes) is 1. The molecule has 4 rings (SSSR count). The molecule has 2 aliphatic rings. The fourth-order valence-electron chi connectivity index (χ4n) is 5.93. The normalized spacial score (nSPS) is 22.2. The van der Waals surface area contributed by atoms with Crippen molar-refractivity contribution in [2.75, 3.05) is 46.6 Å². The van der Waals surface area contributed by atoms with E-state index < -0.39 is 29.5 Å². The van der Waals surface area contributed by atoms with Crippen LogP contribution in [-0.2, 0) is 20.8 Å². The number of imidazole rings is 1. The van der Waals surface area contributed by atoms with Gasteiger partial charge in [-0.25, -0.2) is 9.78 Å². The van der Waals surface area contributed by atoms with Gasteiger partial charge in [0.05, 0.1) is 42.2 Å². The molecular formula is C28H41N5O6. The molecule has 0 aliphatic carbocycles. The maximum Gasteiger partial charge on any atom is 0.407 e. The van der Waals surface area contributed by atoms with Crippen LogP contribution in [0.3, 0.4) is 0 Å². The van der Waals surface area contributed by atoms with E-state index in [0.717, 1.165) is 23.9 Å². The maximum absolute atomic E-state index is 13.8. The van der Waals surface area contributed by atoms with Crippen LogP contribution in [0.15, 0.2) is 24.3 Å². The Kier molecular flexibility index (Phi) is 9.12. The van der Waals surface area contributed by atoms with Crippen molar-refractivity contribution in [2.24, 2.45) is 11.3 Å². The zero-order valence-electron chi connectivity index (χ0n) is 23.4. The lowest BCUT2D eigenvalue weighted by atomic mass is 9.75. The second-order valence-electron chi connectivity index (χ2n) is 11.5. The first-order chi connectivity index (χ1) is 18.6. The Bertz CT molecular complexity index is 1170. The molecule has 1 aromatic carbocycles. The van der Waals surface area contributed by atoms with Crippen molar-refractivity contribution >= 4 is 28.9 Å². The number of ether oxygens (including phenoxy) is 2. The lowest BCUT2D eigenvalue weighted by molar-refractivity contribution is -0.142. The van der Waals surface area contributed by atoms with E-state index in [1.807, 2.05) is 49.6 Å². The smallest absolute Gasteiger partial charge is 0.407 e. The predicted octanol–water partition coefficient (Wildman–Crippen LogP) is 2.83. The van der Waals surface area contributed by atoms with Crippen LogP contribution in [0.1, 0.15) is 50.7 Å². The number of carbonyl (C=O) groups is 3. The molecule has 11 nitrogen and oxygen atoms in total. The van der Waals surface area contributed by atoms with Crippen LogP contribution in [0.5, 0.6) is 0 Å². The van der Waals surface area contributed by atoms with Crippen molar-refractivity contribution < 1.29 is 29.0 Å². The standard InChI is InChI=1S/C28H41N5O6/c1-28(2,3)23-21(17-19(18-33(23)27(36)37)26(35)31-12-15-39-16-13-31)30-25(34)24-29-20-9-5-6-10-22(20)32(24)11-7-8-14-38-4/h5-6,9-10,19,21,23H,7-8,11-18H2,1-4H3,(H,30,34)(H,36,37)/t19-,21+,23?/m1/s1. The van der Waals surface area contributed by atoms with Gasteiger partial charge < -0.3 is 34.3 Å². The second kappa shape index (κ2) is 12.3. The summed E-state index contributed by atoms with van der Waals surface area (Å²) in [6.07, 6.45) is 0.907. The molecule has 11 heteroatoms. The molecule has 0 bridgehead atoms. The molecule has 3 atom stereocenters. The molecule has 2 aromatic rings. The van der Waals surface area contributed by atoms with Crippen molar-refractivity contribution in [1.82, 2.24) is 24.7 Å². The third-order valence-corrected chi connectivity index (χ3v) is 7.63. The lowest BCUT2D eigenvalue weighted by Crippen LogP contribution is -2.65. The number of para-hydroxylation sites is 2. The molecule has 2 N–H and O–H groups in total. The fraction of sp³-hybridized carbons (Fsp3) is 0.643. The molecule has 1 unspecified atom stereocenters. The fourth-order valence-corrected chi connectivity index (χ4v) is 5.93. The Balaban J connectivity index is 1.63. The molecule has 0 spiro atoms. The number of fused-ring (bicyclic) bond motifs is 1. The molecule has 1 aromatic heterocycles. The van der Waals surface area contributed by atoms with E-state index in [9.17, 15) is 19.5 Å². The van der Waals surface area contributed by atoms with Crippen molar-refractivity contribution in [3.63, 3.8) is 0 Å². The molecule has 2 aliphatic heterocycles. The number of carbonyl (C=O) groups excluding carboxylic acids is 2. The van der Waals surface area contributed by atoms with E-state index in [2.05, 4.69) is 10.3 Å². The van der Waals surface area contributed by atoms with Gasteiger partial charge in [-0.15, -0.1) is 0 Å². The van der Waals surface area contributed by atoms with Crippen molar-refractivity contribution in [3.05, 3.63) is 30.1 Å². The van der Waals surface area contributed by atoms with Crippen LogP contribution in [0.25, 0.3) is 11.0 Å². The monoisotopic (exact) mass is 543 g/mol. The average molecular weight is 544 g/mol. The molecule has 214 valence electrons. The number of rotatable bonds is 8. The van der Waals surface area contributed by atoms with E-state index in [4.69, 9.17) is 9.47 Å². The summed E-state index contributed by atoms with van der Waals surface area (Å²) in [5, 5.41) is 13.3. The van der Waals surface area contributed by atoms with E-state index in [1.165, 1.54) is 4.90 Å². The Morgan fingerprint density at radius 2 is 1.87 bits per heavy atom. The summed E-state index contributed by atoms with van der Waals surface area (Å²) in [6.45, 7) is 9.10. The van der Waals surface area contributed by atoms with Crippen LogP contribution in [-0.4, -0.2) is 101 Å². The van der Waals surface area contributed by atoms with Crippen LogP contribution >= 0.6 is 0 Å². The number of nitrogens with zero attached hydrogens (tertiary/aromatic N) is 4. The molecule has 3 amide bonds. The molecule has 2 saturated heterocycles. The molecular weight excluding hydrogens is 502 g/mol. The molecule has 39 heavy (non-hydrogen) atoms. The molecule has 0 saturated carbocycles. The topological polar surface area (TPSA) is 126 Å². The number of likely N-dealkylation sites (tertiary alicyclic amines) is 1. The highest BCUT2D eigenvalue weighted by atomic mass is 16.5. The first-order valence-electron chi connectivity index (χ1n) is 13.7. The molecule has 3 heterocycles. The molecule has 0 radical (unpaired) electrons. The number of piperidine rings is 1. The van der Waals surface area contributed by atoms with Gasteiger partial charge in [-0.1, -0.05) is 32.9 Å². The Morgan fingerprint density at radius 3 is 2.54 bits per heavy atom. The highest BCUT2D eigenvalue weighted by Gasteiger charge is 2.48. The number of aromatic nitrogens is 2. The Labute approximate surface area is 229 Å². The van der Waals surface area contributed by atoms with Crippen LogP contribution < -0.4 is 5.32 Å². The summed E-state index contributed by atoms with van der Waals surface area (Å²) in [5.74, 6) is -0.746. The van der Waals surface area contributed by atoms with Gasteiger partial charge in [0.1, 0.15) is 0 Å². The zero-order valence-corrected chi connectivity index (χ0v) is 23.4. The number of hydrogen-bond acceptors (Lipinski definition) is 6. The van der Waals surface area contributed by atoms with Gasteiger partial charge in [0.25, 0.3) is 5.91 Å². The van der Waals surface area contributed by atoms with Crippen LogP contribution in [0, 0.1) is 11.3 Å². The van der Waals surface area contributed by atoms with Gasteiger partial charge in [-0.2, -0.15) is 0 Å². The third kappa shape index (κ3) is 6.52. The summed E-state index contributed by atoms with van der Waals surface area (Å²) in [4.78, 5) is 47.4. The minimum atomic E-state index is -1.10. The number of benzene rings is 1. The number of nitrogens with one attached hydrogen (secondary N) is 1. The number of aryl methyl sites for hydroxylation is 1. The second-order valence-corrected chi connectivity index (χ2v) is 11.5. The highest BCUT2D eigenvalue weighted by Crippen LogP contribution is 2.35. The Hall–Kier alpha value is -3.18. The SMILES string of the molecule is COCCCCn1c(C(=O)N[C@H]2C[C@@H](C(=O)N3CCOCC3)CN(C(=O)O)C2C(C)(C)C)nc2ccccc21. The van der Waals surface area contributed by atoms with E-state index >= 15 is 0 Å². The maximum atomic E-state index is 13.8. The number of methoxy groups -OCH3 is 1. The summed E-state index contributed by atoms with van der Waals surface area (Å²) < 4.78 is 12.5. The van der Waals surface area contributed by atoms with Crippen molar-refractivity contribution in [2.45, 2.75) is 58.7 Å². The lowest BCUT2D eigenvalue weighted by Gasteiger charge is -2.49. The van der Waals surface area contributed by atoms with E-state index in [-0.39, 0.29) is 24.2 Å². The number of morpholine rings is 1. The number of carboxylic acid groups (broad SMARTS) is 1. The summed E-state index contributed by atoms with van der Waals surface area (Å²) in [7, 11) is 1.67. The Morgan fingerprint density at radius 1 is 1.15 bits per heavy atom. The van der Waals surface area contributed by atoms with Crippen LogP contribution in [0.2, 0.25) is 0 Å². The minimum absolute atomic E-state index is 0.0951. The van der Waals surface area contributed by atoms with Gasteiger partial charge in [0, 0.05) is 39.9 Å². The van der Waals surface area contributed by atoms with Gasteiger partial charge in [0.15, 0.2) is 5.82 Å². The molecule has 2 fully saturated rings. The number of amides is 3. The van der Waals surface area contributed by atoms with Gasteiger partial charge in [-0.05, 0) is 36.8 Å². The number of hydrogen-bond donors (Lipinski definition) is 2. The quantitative estimate of drug-likeness (QED) is 0.490. The zero-order chi connectivity index (χ0) is 28.2. The van der Waals surface area contributed by atoms with Gasteiger partial charge >= 0.3 is 6.09 Å². The first kappa shape index (κ1) is 28.8. The highest BCUT2D eigenvalue weighted by molar-refractivity contribution is 5.95. The van der Waals surface area contributed by atoms with E-state index in [0.29, 0.717) is 45.9 Å². The van der Waals surface area contributed by atoms with E-state index in [1.54, 1.807) is 12.0 Å². The largest absolute Gasteiger partial charge is 0.465 e. The summed E-state index contributed by atoms with van der Waals surface area (Å²) >= 11 is 0. The minimum Gasteiger partial charge on any atom is -0.465 e. The van der Waals surface area contributed by atoms with Gasteiger partial charge in [-0.3, -0.25) is 9.59 Å². The average Bonchev–Trinajstić information content (AvgIpc) is 3.28.